The number of aliphatic hydroxyl groups excluding tert-OH is 4. The van der Waals surface area contributed by atoms with Crippen LogP contribution in [0.5, 0.6) is 0 Å². The Bertz CT molecular complexity index is 726. The van der Waals surface area contributed by atoms with Gasteiger partial charge in [-0.15, -0.1) is 0 Å². The molecule has 1 fully saturated rings. The minimum atomic E-state index is -1.48. The summed E-state index contributed by atoms with van der Waals surface area (Å²) >= 11 is 5.40. The third kappa shape index (κ3) is 2.77. The summed E-state index contributed by atoms with van der Waals surface area (Å²) in [6.45, 7) is -0.505. The van der Waals surface area contributed by atoms with Gasteiger partial charge in [0.1, 0.15) is 35.1 Å². The van der Waals surface area contributed by atoms with E-state index in [4.69, 9.17) is 17.0 Å². The van der Waals surface area contributed by atoms with Crippen LogP contribution in [-0.2, 0) is 17.6 Å². The van der Waals surface area contributed by atoms with Crippen LogP contribution in [0.3, 0.4) is 0 Å². The molecule has 5 atom stereocenters. The maximum atomic E-state index is 10.4. The highest BCUT2D eigenvalue weighted by molar-refractivity contribution is 7.71. The van der Waals surface area contributed by atoms with E-state index >= 15 is 0 Å². The van der Waals surface area contributed by atoms with Gasteiger partial charge in [-0.05, 0) is 37.3 Å². The number of hydrogen-bond acceptors (Lipinski definition) is 7. The Morgan fingerprint density at radius 1 is 1.21 bits per heavy atom. The number of aromatic nitrogens is 1. The average Bonchev–Trinajstić information content (AvgIpc) is 2.60. The van der Waals surface area contributed by atoms with E-state index < -0.39 is 37.3 Å². The van der Waals surface area contributed by atoms with Gasteiger partial charge < -0.3 is 29.7 Å². The fourth-order valence-electron chi connectivity index (χ4n) is 3.48. The second-order valence-corrected chi connectivity index (χ2v) is 6.63. The number of nitriles is 1. The molecule has 2 heterocycles. The first-order valence-electron chi connectivity index (χ1n) is 7.97. The molecule has 0 saturated carbocycles. The predicted octanol–water partition coefficient (Wildman–Crippen LogP) is -0.0595. The lowest BCUT2D eigenvalue weighted by molar-refractivity contribution is -0.252. The zero-order valence-electron chi connectivity index (χ0n) is 13.0. The summed E-state index contributed by atoms with van der Waals surface area (Å²) in [6, 6.07) is 3.84. The number of nitrogens with zero attached hydrogens (tertiary/aromatic N) is 2. The van der Waals surface area contributed by atoms with Crippen LogP contribution in [0.15, 0.2) is 6.07 Å². The summed E-state index contributed by atoms with van der Waals surface area (Å²) in [5.41, 5.74) is 2.15. The summed E-state index contributed by atoms with van der Waals surface area (Å²) < 4.78 is 7.44. The molecule has 0 bridgehead atoms. The number of aliphatic hydroxyl groups is 4. The van der Waals surface area contributed by atoms with Crippen molar-refractivity contribution in [1.29, 1.82) is 5.26 Å². The molecule has 0 spiro atoms. The Kier molecular flexibility index (Phi) is 5.01. The van der Waals surface area contributed by atoms with E-state index in [-0.39, 0.29) is 4.64 Å². The minimum Gasteiger partial charge on any atom is -0.394 e. The van der Waals surface area contributed by atoms with E-state index in [0.29, 0.717) is 5.56 Å². The molecule has 0 unspecified atom stereocenters. The third-order valence-electron chi connectivity index (χ3n) is 4.78. The highest BCUT2D eigenvalue weighted by atomic mass is 32.1. The van der Waals surface area contributed by atoms with Gasteiger partial charge in [-0.25, -0.2) is 0 Å². The number of aryl methyl sites for hydroxylation is 1. The van der Waals surface area contributed by atoms with Gasteiger partial charge in [0.25, 0.3) is 0 Å². The molecule has 1 aromatic heterocycles. The standard InChI is InChI=1S/C16H20N2O5S/c17-6-9-5-8-3-1-2-4-10(8)18(16(9)24)15-14(22)13(21)12(20)11(7-19)23-15/h5,11-15,19-22H,1-4,7H2/t11-,12+,13+,14-,15-/m1/s1. The monoisotopic (exact) mass is 352 g/mol. The molecule has 130 valence electrons. The van der Waals surface area contributed by atoms with E-state index in [2.05, 4.69) is 6.07 Å². The quantitative estimate of drug-likeness (QED) is 0.551. The molecule has 2 aliphatic rings. The Hall–Kier alpha value is -1.34. The van der Waals surface area contributed by atoms with Crippen molar-refractivity contribution in [1.82, 2.24) is 4.57 Å². The molecule has 3 rings (SSSR count). The summed E-state index contributed by atoms with van der Waals surface area (Å²) in [6.07, 6.45) is -2.92. The summed E-state index contributed by atoms with van der Waals surface area (Å²) in [7, 11) is 0. The first-order chi connectivity index (χ1) is 11.5. The molecule has 1 aliphatic carbocycles. The molecule has 0 aromatic carbocycles. The van der Waals surface area contributed by atoms with Gasteiger partial charge in [0.15, 0.2) is 6.23 Å². The van der Waals surface area contributed by atoms with Gasteiger partial charge in [-0.2, -0.15) is 5.26 Å². The maximum absolute atomic E-state index is 10.4. The molecule has 4 N–H and O–H groups in total. The van der Waals surface area contributed by atoms with Crippen LogP contribution in [0.25, 0.3) is 0 Å². The van der Waals surface area contributed by atoms with Crippen LogP contribution < -0.4 is 0 Å². The Balaban J connectivity index is 2.14. The minimum absolute atomic E-state index is 0.225. The van der Waals surface area contributed by atoms with Gasteiger partial charge in [0.2, 0.25) is 0 Å². The molecule has 0 amide bonds. The summed E-state index contributed by atoms with van der Waals surface area (Å²) in [4.78, 5) is 0. The molecule has 24 heavy (non-hydrogen) atoms. The lowest BCUT2D eigenvalue weighted by Gasteiger charge is -2.42. The SMILES string of the molecule is N#Cc1cc2c(n([C@@H]3O[C@H](CO)[C@H](O)[C@H](O)[C@H]3O)c1=S)CCCC2. The van der Waals surface area contributed by atoms with Crippen molar-refractivity contribution >= 4 is 12.2 Å². The van der Waals surface area contributed by atoms with Gasteiger partial charge >= 0.3 is 0 Å². The van der Waals surface area contributed by atoms with E-state index in [9.17, 15) is 25.7 Å². The number of rotatable bonds is 2. The molecule has 7 nitrogen and oxygen atoms in total. The van der Waals surface area contributed by atoms with Crippen molar-refractivity contribution < 1.29 is 25.2 Å². The average molecular weight is 352 g/mol. The molecule has 1 aromatic rings. The van der Waals surface area contributed by atoms with E-state index in [0.717, 1.165) is 36.9 Å². The smallest absolute Gasteiger partial charge is 0.164 e. The first-order valence-corrected chi connectivity index (χ1v) is 8.38. The molecule has 0 radical (unpaired) electrons. The second-order valence-electron chi connectivity index (χ2n) is 6.24. The van der Waals surface area contributed by atoms with Crippen LogP contribution >= 0.6 is 12.2 Å². The van der Waals surface area contributed by atoms with Crippen LogP contribution in [0.1, 0.15) is 35.9 Å². The predicted molar refractivity (Wildman–Crippen MR) is 85.6 cm³/mol. The zero-order chi connectivity index (χ0) is 17.4. The van der Waals surface area contributed by atoms with Crippen molar-refractivity contribution in [3.8, 4) is 6.07 Å². The van der Waals surface area contributed by atoms with Gasteiger partial charge in [-0.3, -0.25) is 0 Å². The Morgan fingerprint density at radius 2 is 1.92 bits per heavy atom. The second kappa shape index (κ2) is 6.88. The Morgan fingerprint density at radius 3 is 2.58 bits per heavy atom. The van der Waals surface area contributed by atoms with Gasteiger partial charge in [0.05, 0.1) is 12.2 Å². The molecule has 8 heteroatoms. The molecular weight excluding hydrogens is 332 g/mol. The van der Waals surface area contributed by atoms with Crippen molar-refractivity contribution in [2.45, 2.75) is 56.3 Å². The zero-order valence-corrected chi connectivity index (χ0v) is 13.8. The molecule has 1 aliphatic heterocycles. The van der Waals surface area contributed by atoms with E-state index in [1.807, 2.05) is 0 Å². The first kappa shape index (κ1) is 17.5. The van der Waals surface area contributed by atoms with Gasteiger partial charge in [0, 0.05) is 5.69 Å². The van der Waals surface area contributed by atoms with Crippen LogP contribution in [0, 0.1) is 16.0 Å². The van der Waals surface area contributed by atoms with Crippen molar-refractivity contribution in [3.63, 3.8) is 0 Å². The number of hydrogen-bond donors (Lipinski definition) is 4. The van der Waals surface area contributed by atoms with Crippen molar-refractivity contribution in [2.75, 3.05) is 6.61 Å². The van der Waals surface area contributed by atoms with Crippen LogP contribution in [0.4, 0.5) is 0 Å². The fraction of sp³-hybridized carbons (Fsp3) is 0.625. The third-order valence-corrected chi connectivity index (χ3v) is 5.20. The normalized spacial score (nSPS) is 32.9. The van der Waals surface area contributed by atoms with Crippen LogP contribution in [-0.4, -0.2) is 56.0 Å². The van der Waals surface area contributed by atoms with E-state index in [1.165, 1.54) is 0 Å². The lowest BCUT2D eigenvalue weighted by Crippen LogP contribution is -2.56. The topological polar surface area (TPSA) is 119 Å². The van der Waals surface area contributed by atoms with Crippen LogP contribution in [0.2, 0.25) is 0 Å². The van der Waals surface area contributed by atoms with Gasteiger partial charge in [-0.1, -0.05) is 12.2 Å². The summed E-state index contributed by atoms with van der Waals surface area (Å²) in [5, 5.41) is 49.1. The van der Waals surface area contributed by atoms with Crippen molar-refractivity contribution in [3.05, 3.63) is 27.5 Å². The number of fused-ring (bicyclic) bond motifs is 1. The largest absolute Gasteiger partial charge is 0.394 e. The molecular formula is C16H20N2O5S. The van der Waals surface area contributed by atoms with Crippen molar-refractivity contribution in [2.24, 2.45) is 0 Å². The number of ether oxygens (including phenoxy) is 1. The lowest BCUT2D eigenvalue weighted by atomic mass is 9.93. The van der Waals surface area contributed by atoms with E-state index in [1.54, 1.807) is 10.6 Å². The maximum Gasteiger partial charge on any atom is 0.164 e. The fourth-order valence-corrected chi connectivity index (χ4v) is 3.79. The Labute approximate surface area is 144 Å². The number of pyridine rings is 1. The molecule has 1 saturated heterocycles. The highest BCUT2D eigenvalue weighted by Crippen LogP contribution is 2.33. The summed E-state index contributed by atoms with van der Waals surface area (Å²) in [5.74, 6) is 0. The highest BCUT2D eigenvalue weighted by Gasteiger charge is 2.45.